The van der Waals surface area contributed by atoms with E-state index in [1.807, 2.05) is 24.3 Å². The molecule has 0 spiro atoms. The molecular weight excluding hydrogens is 366 g/mol. The van der Waals surface area contributed by atoms with Gasteiger partial charge in [0.15, 0.2) is 6.61 Å². The van der Waals surface area contributed by atoms with Gasteiger partial charge in [0.05, 0.1) is 0 Å². The Labute approximate surface area is 152 Å². The van der Waals surface area contributed by atoms with E-state index in [1.165, 1.54) is 38.5 Å². The second-order valence-electron chi connectivity index (χ2n) is 8.31. The summed E-state index contributed by atoms with van der Waals surface area (Å²) < 4.78 is 6.62. The average Bonchev–Trinajstić information content (AvgIpc) is 2.53. The molecule has 4 aliphatic carbocycles. The molecule has 130 valence electrons. The first-order valence-electron chi connectivity index (χ1n) is 9.20. The van der Waals surface area contributed by atoms with Crippen LogP contribution in [0, 0.1) is 23.2 Å². The molecule has 1 atom stereocenters. The molecule has 4 bridgehead atoms. The van der Waals surface area contributed by atoms with Crippen LogP contribution >= 0.6 is 15.9 Å². The molecule has 0 radical (unpaired) electrons. The van der Waals surface area contributed by atoms with Crippen molar-refractivity contribution < 1.29 is 9.53 Å². The van der Waals surface area contributed by atoms with Gasteiger partial charge >= 0.3 is 0 Å². The van der Waals surface area contributed by atoms with Crippen molar-refractivity contribution in [3.05, 3.63) is 28.7 Å². The maximum Gasteiger partial charge on any atom is 0.258 e. The topological polar surface area (TPSA) is 38.3 Å². The lowest BCUT2D eigenvalue weighted by Gasteiger charge is -2.59. The van der Waals surface area contributed by atoms with Gasteiger partial charge in [-0.3, -0.25) is 4.79 Å². The van der Waals surface area contributed by atoms with Crippen LogP contribution in [0.1, 0.15) is 45.4 Å². The lowest BCUT2D eigenvalue weighted by atomic mass is 9.48. The normalized spacial score (nSPS) is 34.8. The number of hydrogen-bond donors (Lipinski definition) is 1. The number of amides is 1. The number of ether oxygens (including phenoxy) is 1. The Morgan fingerprint density at radius 2 is 1.71 bits per heavy atom. The third kappa shape index (κ3) is 3.22. The minimum atomic E-state index is 0.00108. The third-order valence-electron chi connectivity index (χ3n) is 6.57. The summed E-state index contributed by atoms with van der Waals surface area (Å²) in [4.78, 5) is 12.3. The fourth-order valence-electron chi connectivity index (χ4n) is 5.82. The maximum absolute atomic E-state index is 12.3. The predicted octanol–water partition coefficient (Wildman–Crippen LogP) is 4.55. The summed E-state index contributed by atoms with van der Waals surface area (Å²) in [7, 11) is 0. The second kappa shape index (κ2) is 6.36. The van der Waals surface area contributed by atoms with E-state index < -0.39 is 0 Å². The van der Waals surface area contributed by atoms with Gasteiger partial charge in [0.25, 0.3) is 5.91 Å². The van der Waals surface area contributed by atoms with Gasteiger partial charge < -0.3 is 10.1 Å². The van der Waals surface area contributed by atoms with Crippen molar-refractivity contribution in [2.45, 2.75) is 51.5 Å². The molecule has 1 aromatic rings. The first-order chi connectivity index (χ1) is 11.5. The van der Waals surface area contributed by atoms with Crippen LogP contribution in [0.3, 0.4) is 0 Å². The van der Waals surface area contributed by atoms with Crippen LogP contribution in [-0.4, -0.2) is 18.6 Å². The Morgan fingerprint density at radius 1 is 1.17 bits per heavy atom. The smallest absolute Gasteiger partial charge is 0.258 e. The molecule has 4 fully saturated rings. The standard InChI is InChI=1S/C20H26BrNO2/c1-13(20-9-14-6-15(10-20)8-16(7-14)11-20)22-19(23)12-24-18-4-2-17(21)3-5-18/h2-5,13-16H,6-12H2,1H3,(H,22,23). The van der Waals surface area contributed by atoms with Gasteiger partial charge in [-0.15, -0.1) is 0 Å². The zero-order chi connectivity index (χ0) is 16.7. The molecule has 1 aromatic carbocycles. The summed E-state index contributed by atoms with van der Waals surface area (Å²) in [5.41, 5.74) is 0.349. The molecule has 0 heterocycles. The first-order valence-corrected chi connectivity index (χ1v) is 9.99. The summed E-state index contributed by atoms with van der Waals surface area (Å²) in [5, 5.41) is 3.25. The fraction of sp³-hybridized carbons (Fsp3) is 0.650. The number of hydrogen-bond acceptors (Lipinski definition) is 2. The Balaban J connectivity index is 1.33. The van der Waals surface area contributed by atoms with E-state index in [1.54, 1.807) is 0 Å². The van der Waals surface area contributed by atoms with Crippen LogP contribution in [0.15, 0.2) is 28.7 Å². The Hall–Kier alpha value is -1.03. The van der Waals surface area contributed by atoms with Crippen molar-refractivity contribution in [3.8, 4) is 5.75 Å². The molecule has 0 aromatic heterocycles. The molecule has 5 rings (SSSR count). The molecule has 4 heteroatoms. The predicted molar refractivity (Wildman–Crippen MR) is 97.8 cm³/mol. The number of benzene rings is 1. The summed E-state index contributed by atoms with van der Waals surface area (Å²) in [5.74, 6) is 3.47. The van der Waals surface area contributed by atoms with E-state index in [9.17, 15) is 4.79 Å². The van der Waals surface area contributed by atoms with E-state index in [4.69, 9.17) is 4.74 Å². The largest absolute Gasteiger partial charge is 0.484 e. The molecule has 24 heavy (non-hydrogen) atoms. The highest BCUT2D eigenvalue weighted by Gasteiger charge is 2.53. The number of halogens is 1. The van der Waals surface area contributed by atoms with Gasteiger partial charge in [-0.2, -0.15) is 0 Å². The van der Waals surface area contributed by atoms with Crippen LogP contribution in [-0.2, 0) is 4.79 Å². The monoisotopic (exact) mass is 391 g/mol. The minimum Gasteiger partial charge on any atom is -0.484 e. The van der Waals surface area contributed by atoms with Crippen LogP contribution in [0.4, 0.5) is 0 Å². The highest BCUT2D eigenvalue weighted by atomic mass is 79.9. The van der Waals surface area contributed by atoms with Crippen molar-refractivity contribution in [1.82, 2.24) is 5.32 Å². The number of rotatable bonds is 5. The van der Waals surface area contributed by atoms with E-state index in [2.05, 4.69) is 28.2 Å². The van der Waals surface area contributed by atoms with E-state index in [-0.39, 0.29) is 18.6 Å². The van der Waals surface area contributed by atoms with Gasteiger partial charge in [-0.1, -0.05) is 15.9 Å². The van der Waals surface area contributed by atoms with E-state index >= 15 is 0 Å². The van der Waals surface area contributed by atoms with Gasteiger partial charge in [-0.05, 0) is 92.9 Å². The fourth-order valence-corrected chi connectivity index (χ4v) is 6.09. The van der Waals surface area contributed by atoms with Crippen molar-refractivity contribution in [3.63, 3.8) is 0 Å². The lowest BCUT2D eigenvalue weighted by molar-refractivity contribution is -0.127. The van der Waals surface area contributed by atoms with Crippen LogP contribution in [0.25, 0.3) is 0 Å². The van der Waals surface area contributed by atoms with Crippen molar-refractivity contribution in [1.29, 1.82) is 0 Å². The number of nitrogens with one attached hydrogen (secondary N) is 1. The molecule has 0 saturated heterocycles. The first kappa shape index (κ1) is 16.4. The summed E-state index contributed by atoms with van der Waals surface area (Å²) >= 11 is 3.40. The molecule has 1 amide bonds. The van der Waals surface area contributed by atoms with Crippen LogP contribution in [0.5, 0.6) is 5.75 Å². The van der Waals surface area contributed by atoms with E-state index in [0.29, 0.717) is 5.41 Å². The Bertz CT molecular complexity index is 577. The quantitative estimate of drug-likeness (QED) is 0.799. The minimum absolute atomic E-state index is 0.00108. The highest BCUT2D eigenvalue weighted by molar-refractivity contribution is 9.10. The van der Waals surface area contributed by atoms with Crippen molar-refractivity contribution in [2.24, 2.45) is 23.2 Å². The summed E-state index contributed by atoms with van der Waals surface area (Å²) in [6.07, 6.45) is 8.25. The molecule has 4 saturated carbocycles. The highest BCUT2D eigenvalue weighted by Crippen LogP contribution is 2.61. The molecule has 1 N–H and O–H groups in total. The second-order valence-corrected chi connectivity index (χ2v) is 9.23. The van der Waals surface area contributed by atoms with Crippen molar-refractivity contribution >= 4 is 21.8 Å². The van der Waals surface area contributed by atoms with E-state index in [0.717, 1.165) is 28.0 Å². The lowest BCUT2D eigenvalue weighted by Crippen LogP contribution is -2.56. The molecule has 3 nitrogen and oxygen atoms in total. The molecule has 0 aliphatic heterocycles. The Kier molecular flexibility index (Phi) is 4.36. The average molecular weight is 392 g/mol. The number of carbonyl (C=O) groups excluding carboxylic acids is 1. The van der Waals surface area contributed by atoms with Gasteiger partial charge in [0.1, 0.15) is 5.75 Å². The van der Waals surface area contributed by atoms with Crippen LogP contribution < -0.4 is 10.1 Å². The van der Waals surface area contributed by atoms with Crippen molar-refractivity contribution in [2.75, 3.05) is 6.61 Å². The molecule has 1 unspecified atom stereocenters. The van der Waals surface area contributed by atoms with Crippen LogP contribution in [0.2, 0.25) is 0 Å². The summed E-state index contributed by atoms with van der Waals surface area (Å²) in [6.45, 7) is 2.31. The molecule has 4 aliphatic rings. The number of carbonyl (C=O) groups is 1. The van der Waals surface area contributed by atoms with Gasteiger partial charge in [0, 0.05) is 10.5 Å². The zero-order valence-corrected chi connectivity index (χ0v) is 15.8. The maximum atomic E-state index is 12.3. The summed E-state index contributed by atoms with van der Waals surface area (Å²) in [6, 6.07) is 7.85. The van der Waals surface area contributed by atoms with Gasteiger partial charge in [0.2, 0.25) is 0 Å². The molecular formula is C20H26BrNO2. The third-order valence-corrected chi connectivity index (χ3v) is 7.09. The van der Waals surface area contributed by atoms with Gasteiger partial charge in [-0.25, -0.2) is 0 Å². The zero-order valence-electron chi connectivity index (χ0n) is 14.3. The Morgan fingerprint density at radius 3 is 2.25 bits per heavy atom. The SMILES string of the molecule is CC(NC(=O)COc1ccc(Br)cc1)C12CC3CC(CC(C3)C1)C2.